The van der Waals surface area contributed by atoms with Crippen LogP contribution in [0.4, 0.5) is 0 Å². The van der Waals surface area contributed by atoms with Gasteiger partial charge >= 0.3 is 5.97 Å². The lowest BCUT2D eigenvalue weighted by atomic mass is 10.0. The van der Waals surface area contributed by atoms with Crippen molar-refractivity contribution in [2.45, 2.75) is 37.0 Å². The Morgan fingerprint density at radius 2 is 1.19 bits per heavy atom. The Balaban J connectivity index is 1.57. The maximum Gasteiger partial charge on any atom is 0.307 e. The normalized spacial score (nSPS) is 12.4. The fourth-order valence-electron chi connectivity index (χ4n) is 3.63. The lowest BCUT2D eigenvalue weighted by Crippen LogP contribution is -2.24. The molecule has 0 aliphatic carbocycles. The van der Waals surface area contributed by atoms with Crippen molar-refractivity contribution in [2.75, 3.05) is 5.75 Å². The van der Waals surface area contributed by atoms with Gasteiger partial charge in [-0.2, -0.15) is 0 Å². The van der Waals surface area contributed by atoms with Gasteiger partial charge in [-0.1, -0.05) is 72.8 Å². The number of rotatable bonds is 11. The van der Waals surface area contributed by atoms with E-state index >= 15 is 0 Å². The first kappa shape index (κ1) is 22.8. The fraction of sp³-hybridized carbons (Fsp3) is 0.269. The smallest absolute Gasteiger partial charge is 0.307 e. The molecule has 3 aromatic carbocycles. The first-order valence-electron chi connectivity index (χ1n) is 10.6. The Hall–Kier alpha value is -2.92. The van der Waals surface area contributed by atoms with Crippen molar-refractivity contribution in [1.29, 1.82) is 0 Å². The van der Waals surface area contributed by atoms with Crippen LogP contribution in [0.1, 0.15) is 29.5 Å². The fourth-order valence-corrected chi connectivity index (χ4v) is 5.22. The van der Waals surface area contributed by atoms with E-state index in [1.807, 2.05) is 60.7 Å². The van der Waals surface area contributed by atoms with E-state index in [0.717, 1.165) is 30.4 Å². The van der Waals surface area contributed by atoms with Crippen molar-refractivity contribution in [3.05, 3.63) is 102 Å². The standard InChI is InChI=1S/C26H28O4S/c27-26(28)24(13-7-12-21-8-3-1-4-9-21)20-31(29,30)25-18-16-23(17-19-25)15-14-22-10-5-2-6-11-22/h1-6,8-11,16-19,24H,7,12-15,20H2,(H,27,28). The van der Waals surface area contributed by atoms with Crippen LogP contribution in [0.5, 0.6) is 0 Å². The van der Waals surface area contributed by atoms with Crippen LogP contribution in [0.25, 0.3) is 0 Å². The minimum Gasteiger partial charge on any atom is -0.481 e. The van der Waals surface area contributed by atoms with Gasteiger partial charge in [0.25, 0.3) is 0 Å². The molecule has 0 fully saturated rings. The summed E-state index contributed by atoms with van der Waals surface area (Å²) in [5.74, 6) is -2.34. The molecule has 162 valence electrons. The Kier molecular flexibility index (Phi) is 8.01. The summed E-state index contributed by atoms with van der Waals surface area (Å²) in [7, 11) is -3.66. The molecule has 31 heavy (non-hydrogen) atoms. The van der Waals surface area contributed by atoms with Gasteiger partial charge < -0.3 is 5.11 Å². The van der Waals surface area contributed by atoms with Gasteiger partial charge in [-0.25, -0.2) is 8.42 Å². The van der Waals surface area contributed by atoms with Gasteiger partial charge in [0.15, 0.2) is 9.84 Å². The summed E-state index contributed by atoms with van der Waals surface area (Å²) in [5.41, 5.74) is 3.42. The van der Waals surface area contributed by atoms with E-state index in [9.17, 15) is 18.3 Å². The summed E-state index contributed by atoms with van der Waals surface area (Å²) in [6, 6.07) is 26.8. The Bertz CT molecular complexity index is 1060. The van der Waals surface area contributed by atoms with Gasteiger partial charge in [-0.15, -0.1) is 0 Å². The lowest BCUT2D eigenvalue weighted by molar-refractivity contribution is -0.141. The average molecular weight is 437 g/mol. The molecular weight excluding hydrogens is 408 g/mol. The largest absolute Gasteiger partial charge is 0.481 e. The maximum absolute atomic E-state index is 12.8. The van der Waals surface area contributed by atoms with Crippen LogP contribution in [-0.2, 0) is 33.9 Å². The van der Waals surface area contributed by atoms with Crippen molar-refractivity contribution in [1.82, 2.24) is 0 Å². The maximum atomic E-state index is 12.8. The number of carboxylic acids is 1. The third-order valence-electron chi connectivity index (χ3n) is 5.46. The minimum atomic E-state index is -3.66. The molecule has 3 aromatic rings. The third kappa shape index (κ3) is 7.07. The first-order valence-corrected chi connectivity index (χ1v) is 12.2. The molecule has 0 saturated carbocycles. The van der Waals surface area contributed by atoms with Crippen molar-refractivity contribution >= 4 is 15.8 Å². The number of carboxylic acid groups (broad SMARTS) is 1. The van der Waals surface area contributed by atoms with E-state index in [2.05, 4.69) is 12.1 Å². The predicted molar refractivity (Wildman–Crippen MR) is 123 cm³/mol. The van der Waals surface area contributed by atoms with E-state index in [0.29, 0.717) is 12.8 Å². The lowest BCUT2D eigenvalue weighted by Gasteiger charge is -2.13. The molecular formula is C26H28O4S. The van der Waals surface area contributed by atoms with Gasteiger partial charge in [0.05, 0.1) is 16.6 Å². The molecule has 0 aliphatic heterocycles. The minimum absolute atomic E-state index is 0.185. The number of hydrogen-bond donors (Lipinski definition) is 1. The second-order valence-electron chi connectivity index (χ2n) is 7.82. The summed E-state index contributed by atoms with van der Waals surface area (Å²) >= 11 is 0. The third-order valence-corrected chi connectivity index (χ3v) is 7.29. The van der Waals surface area contributed by atoms with Crippen molar-refractivity contribution < 1.29 is 18.3 Å². The zero-order valence-electron chi connectivity index (χ0n) is 17.5. The first-order chi connectivity index (χ1) is 14.9. The molecule has 0 spiro atoms. The highest BCUT2D eigenvalue weighted by atomic mass is 32.2. The van der Waals surface area contributed by atoms with E-state index in [1.54, 1.807) is 12.1 Å². The van der Waals surface area contributed by atoms with Crippen molar-refractivity contribution in [3.63, 3.8) is 0 Å². The second-order valence-corrected chi connectivity index (χ2v) is 9.86. The number of aliphatic carboxylic acids is 1. The predicted octanol–water partition coefficient (Wildman–Crippen LogP) is 4.97. The molecule has 0 bridgehead atoms. The highest BCUT2D eigenvalue weighted by molar-refractivity contribution is 7.91. The average Bonchev–Trinajstić information content (AvgIpc) is 2.78. The second kappa shape index (κ2) is 10.9. The van der Waals surface area contributed by atoms with E-state index < -0.39 is 21.7 Å². The molecule has 5 heteroatoms. The van der Waals surface area contributed by atoms with Crippen molar-refractivity contribution in [3.8, 4) is 0 Å². The summed E-state index contributed by atoms with van der Waals surface area (Å²) in [6.07, 6.45) is 3.41. The van der Waals surface area contributed by atoms with Gasteiger partial charge in [-0.05, 0) is 60.9 Å². The highest BCUT2D eigenvalue weighted by Crippen LogP contribution is 2.20. The SMILES string of the molecule is O=C(O)C(CCCc1ccccc1)CS(=O)(=O)c1ccc(CCc2ccccc2)cc1. The molecule has 4 nitrogen and oxygen atoms in total. The summed E-state index contributed by atoms with van der Waals surface area (Å²) < 4.78 is 25.6. The molecule has 0 saturated heterocycles. The van der Waals surface area contributed by atoms with Gasteiger partial charge in [0.1, 0.15) is 0 Å². The molecule has 0 aliphatic rings. The molecule has 3 rings (SSSR count). The molecule has 1 atom stereocenters. The zero-order valence-corrected chi connectivity index (χ0v) is 18.3. The molecule has 0 heterocycles. The number of aryl methyl sites for hydroxylation is 3. The topological polar surface area (TPSA) is 71.4 Å². The quantitative estimate of drug-likeness (QED) is 0.461. The molecule has 1 unspecified atom stereocenters. The molecule has 1 N–H and O–H groups in total. The van der Waals surface area contributed by atoms with Gasteiger partial charge in [-0.3, -0.25) is 4.79 Å². The Labute approximate surface area is 184 Å². The monoisotopic (exact) mass is 436 g/mol. The summed E-state index contributed by atoms with van der Waals surface area (Å²) in [4.78, 5) is 11.8. The highest BCUT2D eigenvalue weighted by Gasteiger charge is 2.26. The summed E-state index contributed by atoms with van der Waals surface area (Å²) in [6.45, 7) is 0. The Morgan fingerprint density at radius 1 is 0.710 bits per heavy atom. The van der Waals surface area contributed by atoms with Gasteiger partial charge in [0, 0.05) is 0 Å². The van der Waals surface area contributed by atoms with Crippen LogP contribution >= 0.6 is 0 Å². The van der Waals surface area contributed by atoms with Crippen LogP contribution in [0.2, 0.25) is 0 Å². The van der Waals surface area contributed by atoms with Crippen LogP contribution < -0.4 is 0 Å². The van der Waals surface area contributed by atoms with Crippen LogP contribution in [0, 0.1) is 5.92 Å². The van der Waals surface area contributed by atoms with Crippen LogP contribution in [0.15, 0.2) is 89.8 Å². The molecule has 0 amide bonds. The number of sulfone groups is 1. The zero-order chi connectivity index (χ0) is 22.1. The molecule has 0 aromatic heterocycles. The van der Waals surface area contributed by atoms with Crippen molar-refractivity contribution in [2.24, 2.45) is 5.92 Å². The number of carbonyl (C=O) groups is 1. The van der Waals surface area contributed by atoms with Crippen LogP contribution in [-0.4, -0.2) is 25.2 Å². The van der Waals surface area contributed by atoms with E-state index in [-0.39, 0.29) is 10.6 Å². The molecule has 0 radical (unpaired) electrons. The van der Waals surface area contributed by atoms with E-state index in [1.165, 1.54) is 5.56 Å². The summed E-state index contributed by atoms with van der Waals surface area (Å²) in [5, 5.41) is 9.54. The Morgan fingerprint density at radius 3 is 1.71 bits per heavy atom. The van der Waals surface area contributed by atoms with E-state index in [4.69, 9.17) is 0 Å². The number of hydrogen-bond acceptors (Lipinski definition) is 3. The van der Waals surface area contributed by atoms with Crippen LogP contribution in [0.3, 0.4) is 0 Å². The van der Waals surface area contributed by atoms with Gasteiger partial charge in [0.2, 0.25) is 0 Å². The number of benzene rings is 3.